The van der Waals surface area contributed by atoms with Gasteiger partial charge in [0, 0.05) is 24.5 Å². The fourth-order valence-corrected chi connectivity index (χ4v) is 4.12. The molecule has 2 aromatic rings. The summed E-state index contributed by atoms with van der Waals surface area (Å²) in [5, 5.41) is 3.45. The van der Waals surface area contributed by atoms with Crippen molar-refractivity contribution < 1.29 is 9.53 Å². The minimum absolute atomic E-state index is 0. The third kappa shape index (κ3) is 6.22. The molecule has 1 heterocycles. The van der Waals surface area contributed by atoms with E-state index in [1.807, 2.05) is 36.4 Å². The summed E-state index contributed by atoms with van der Waals surface area (Å²) in [5.41, 5.74) is 2.31. The van der Waals surface area contributed by atoms with Crippen LogP contribution in [0.15, 0.2) is 54.6 Å². The Bertz CT molecular complexity index is 768. The molecular formula is C24H33ClN2O2. The molecule has 1 unspecified atom stereocenters. The van der Waals surface area contributed by atoms with Crippen molar-refractivity contribution in [1.82, 2.24) is 10.2 Å². The summed E-state index contributed by atoms with van der Waals surface area (Å²) >= 11 is 0. The van der Waals surface area contributed by atoms with Crippen LogP contribution in [0.1, 0.15) is 37.8 Å². The Kier molecular flexibility index (Phi) is 8.99. The van der Waals surface area contributed by atoms with Gasteiger partial charge in [0.1, 0.15) is 5.75 Å². The van der Waals surface area contributed by atoms with Crippen molar-refractivity contribution in [3.05, 3.63) is 65.7 Å². The van der Waals surface area contributed by atoms with E-state index in [0.717, 1.165) is 37.1 Å². The third-order valence-electron chi connectivity index (χ3n) is 5.69. The van der Waals surface area contributed by atoms with Gasteiger partial charge in [-0.2, -0.15) is 0 Å². The molecular weight excluding hydrogens is 384 g/mol. The van der Waals surface area contributed by atoms with E-state index >= 15 is 0 Å². The first-order valence-corrected chi connectivity index (χ1v) is 10.3. The highest BCUT2D eigenvalue weighted by molar-refractivity contribution is 5.85. The quantitative estimate of drug-likeness (QED) is 0.724. The van der Waals surface area contributed by atoms with Crippen LogP contribution in [0.5, 0.6) is 5.75 Å². The highest BCUT2D eigenvalue weighted by Gasteiger charge is 2.31. The molecule has 29 heavy (non-hydrogen) atoms. The minimum atomic E-state index is 0. The average Bonchev–Trinajstić information content (AvgIpc) is 2.72. The number of carbonyl (C=O) groups is 1. The van der Waals surface area contributed by atoms with Crippen molar-refractivity contribution in [1.29, 1.82) is 0 Å². The standard InChI is InChI=1S/C24H32N2O2.ClH/c1-18-15-22(13-14-25-18)24(27)26(17-20-9-5-4-6-10-20)19(2)16-21-11-7-8-12-23(21)28-3;/h4-12,18-19,22,25H,13-17H2,1-3H3;1H/t18-,19?,22-;/m0./s1. The Hall–Kier alpha value is -2.04. The lowest BCUT2D eigenvalue weighted by Gasteiger charge is -2.36. The summed E-state index contributed by atoms with van der Waals surface area (Å²) in [6, 6.07) is 18.9. The zero-order valence-electron chi connectivity index (χ0n) is 17.6. The van der Waals surface area contributed by atoms with Crippen molar-refractivity contribution in [2.24, 2.45) is 5.92 Å². The van der Waals surface area contributed by atoms with Crippen LogP contribution in [-0.2, 0) is 17.8 Å². The summed E-state index contributed by atoms with van der Waals surface area (Å²) in [6.07, 6.45) is 2.60. The van der Waals surface area contributed by atoms with Gasteiger partial charge in [-0.25, -0.2) is 0 Å². The van der Waals surface area contributed by atoms with Crippen LogP contribution in [0.25, 0.3) is 0 Å². The van der Waals surface area contributed by atoms with Gasteiger partial charge in [0.2, 0.25) is 5.91 Å². The molecule has 3 atom stereocenters. The number of hydrogen-bond donors (Lipinski definition) is 1. The molecule has 1 fully saturated rings. The van der Waals surface area contributed by atoms with Crippen LogP contribution in [0, 0.1) is 5.92 Å². The van der Waals surface area contributed by atoms with Gasteiger partial charge in [-0.15, -0.1) is 12.4 Å². The lowest BCUT2D eigenvalue weighted by molar-refractivity contribution is -0.139. The first-order valence-electron chi connectivity index (χ1n) is 10.3. The molecule has 1 N–H and O–H groups in total. The van der Waals surface area contributed by atoms with Gasteiger partial charge >= 0.3 is 0 Å². The van der Waals surface area contributed by atoms with Crippen LogP contribution < -0.4 is 10.1 Å². The fourth-order valence-electron chi connectivity index (χ4n) is 4.12. The average molecular weight is 417 g/mol. The van der Waals surface area contributed by atoms with Crippen molar-refractivity contribution in [2.45, 2.75) is 51.7 Å². The monoisotopic (exact) mass is 416 g/mol. The zero-order chi connectivity index (χ0) is 19.9. The predicted octanol–water partition coefficient (Wildman–Crippen LogP) is 4.46. The number of piperidine rings is 1. The maximum Gasteiger partial charge on any atom is 0.226 e. The van der Waals surface area contributed by atoms with Gasteiger partial charge in [0.15, 0.2) is 0 Å². The van der Waals surface area contributed by atoms with Gasteiger partial charge in [-0.1, -0.05) is 48.5 Å². The molecule has 0 aliphatic carbocycles. The Morgan fingerprint density at radius 1 is 1.17 bits per heavy atom. The number of amides is 1. The van der Waals surface area contributed by atoms with E-state index in [0.29, 0.717) is 12.6 Å². The van der Waals surface area contributed by atoms with Crippen molar-refractivity contribution in [3.8, 4) is 5.75 Å². The maximum absolute atomic E-state index is 13.5. The largest absolute Gasteiger partial charge is 0.496 e. The number of para-hydroxylation sites is 1. The second kappa shape index (κ2) is 11.2. The molecule has 3 rings (SSSR count). The minimum Gasteiger partial charge on any atom is -0.496 e. The maximum atomic E-state index is 13.5. The predicted molar refractivity (Wildman–Crippen MR) is 121 cm³/mol. The van der Waals surface area contributed by atoms with E-state index < -0.39 is 0 Å². The molecule has 158 valence electrons. The number of hydrogen-bond acceptors (Lipinski definition) is 3. The van der Waals surface area contributed by atoms with E-state index in [9.17, 15) is 4.79 Å². The second-order valence-corrected chi connectivity index (χ2v) is 7.89. The number of nitrogens with one attached hydrogen (secondary N) is 1. The van der Waals surface area contributed by atoms with Gasteiger partial charge in [-0.05, 0) is 56.8 Å². The summed E-state index contributed by atoms with van der Waals surface area (Å²) < 4.78 is 5.52. The molecule has 0 radical (unpaired) electrons. The first kappa shape index (κ1) is 23.2. The van der Waals surface area contributed by atoms with Crippen molar-refractivity contribution >= 4 is 18.3 Å². The lowest BCUT2D eigenvalue weighted by Crippen LogP contribution is -2.47. The fraction of sp³-hybridized carbons (Fsp3) is 0.458. The Morgan fingerprint density at radius 2 is 1.86 bits per heavy atom. The van der Waals surface area contributed by atoms with Gasteiger partial charge in [0.05, 0.1) is 7.11 Å². The summed E-state index contributed by atoms with van der Waals surface area (Å²) in [6.45, 7) is 5.88. The zero-order valence-corrected chi connectivity index (χ0v) is 18.5. The Morgan fingerprint density at radius 3 is 2.55 bits per heavy atom. The molecule has 0 bridgehead atoms. The molecule has 1 amide bonds. The molecule has 1 aliphatic rings. The SMILES string of the molecule is COc1ccccc1CC(C)N(Cc1ccccc1)C(=O)[C@H]1CCN[C@@H](C)C1.Cl. The molecule has 4 nitrogen and oxygen atoms in total. The second-order valence-electron chi connectivity index (χ2n) is 7.89. The third-order valence-corrected chi connectivity index (χ3v) is 5.69. The lowest BCUT2D eigenvalue weighted by atomic mass is 9.91. The smallest absolute Gasteiger partial charge is 0.226 e. The number of benzene rings is 2. The summed E-state index contributed by atoms with van der Waals surface area (Å²) in [7, 11) is 1.70. The summed E-state index contributed by atoms with van der Waals surface area (Å²) in [5.74, 6) is 1.26. The van der Waals surface area contributed by atoms with E-state index in [2.05, 4.69) is 42.3 Å². The van der Waals surface area contributed by atoms with Gasteiger partial charge < -0.3 is 15.0 Å². The van der Waals surface area contributed by atoms with Crippen LogP contribution in [0.4, 0.5) is 0 Å². The van der Waals surface area contributed by atoms with Crippen LogP contribution in [0.3, 0.4) is 0 Å². The molecule has 1 saturated heterocycles. The highest BCUT2D eigenvalue weighted by atomic mass is 35.5. The molecule has 0 saturated carbocycles. The molecule has 1 aliphatic heterocycles. The molecule has 5 heteroatoms. The van der Waals surface area contributed by atoms with Gasteiger partial charge in [-0.3, -0.25) is 4.79 Å². The van der Waals surface area contributed by atoms with Crippen LogP contribution >= 0.6 is 12.4 Å². The number of rotatable bonds is 7. The van der Waals surface area contributed by atoms with E-state index in [1.165, 1.54) is 5.56 Å². The first-order chi connectivity index (χ1) is 13.6. The molecule has 0 spiro atoms. The van der Waals surface area contributed by atoms with E-state index in [1.54, 1.807) is 7.11 Å². The number of methoxy groups -OCH3 is 1. The number of carbonyl (C=O) groups excluding carboxylic acids is 1. The van der Waals surface area contributed by atoms with Crippen molar-refractivity contribution in [3.63, 3.8) is 0 Å². The van der Waals surface area contributed by atoms with Crippen molar-refractivity contribution in [2.75, 3.05) is 13.7 Å². The van der Waals surface area contributed by atoms with E-state index in [4.69, 9.17) is 4.74 Å². The Labute approximate surface area is 181 Å². The number of ether oxygens (including phenoxy) is 1. The number of nitrogens with zero attached hydrogens (tertiary/aromatic N) is 1. The highest BCUT2D eigenvalue weighted by Crippen LogP contribution is 2.25. The van der Waals surface area contributed by atoms with Crippen LogP contribution in [-0.4, -0.2) is 36.5 Å². The molecule has 0 aromatic heterocycles. The topological polar surface area (TPSA) is 41.6 Å². The summed E-state index contributed by atoms with van der Waals surface area (Å²) in [4.78, 5) is 15.6. The molecule has 2 aromatic carbocycles. The number of halogens is 1. The van der Waals surface area contributed by atoms with E-state index in [-0.39, 0.29) is 30.3 Å². The normalized spacial score (nSPS) is 19.7. The Balaban J connectivity index is 0.00000300. The van der Waals surface area contributed by atoms with Gasteiger partial charge in [0.25, 0.3) is 0 Å². The van der Waals surface area contributed by atoms with Crippen LogP contribution in [0.2, 0.25) is 0 Å².